The second kappa shape index (κ2) is 33.7. The molecule has 0 spiro atoms. The Morgan fingerprint density at radius 1 is 0.391 bits per heavy atom. The lowest BCUT2D eigenvalue weighted by Crippen LogP contribution is -2.37. The molecule has 0 fully saturated rings. The zero-order valence-electron chi connectivity index (χ0n) is 29.6. The number of amides is 2. The topological polar surface area (TPSA) is 153 Å². The summed E-state index contributed by atoms with van der Waals surface area (Å²) in [6.45, 7) is 6.81. The summed E-state index contributed by atoms with van der Waals surface area (Å²) in [4.78, 5) is 58.6. The van der Waals surface area contributed by atoms with Crippen molar-refractivity contribution >= 4 is 29.7 Å². The number of rotatable bonds is 31. The summed E-state index contributed by atoms with van der Waals surface area (Å²) in [6, 6.07) is 0. The van der Waals surface area contributed by atoms with Gasteiger partial charge in [-0.1, -0.05) is 129 Å². The fourth-order valence-electron chi connectivity index (χ4n) is 5.22. The van der Waals surface area contributed by atoms with Gasteiger partial charge >= 0.3 is 17.9 Å². The number of hydrogen-bond donors (Lipinski definition) is 3. The van der Waals surface area contributed by atoms with E-state index in [9.17, 15) is 24.0 Å². The lowest BCUT2D eigenvalue weighted by Gasteiger charge is -2.19. The van der Waals surface area contributed by atoms with Crippen LogP contribution in [0.1, 0.15) is 175 Å². The molecule has 2 amide bonds. The molecule has 270 valence electrons. The van der Waals surface area contributed by atoms with E-state index in [1.54, 1.807) is 4.90 Å². The average molecular weight is 657 g/mol. The number of nitrogens with zero attached hydrogens (tertiary/aromatic N) is 2. The van der Waals surface area contributed by atoms with Gasteiger partial charge in [-0.2, -0.15) is 0 Å². The Hall–Kier alpha value is -2.65. The first-order valence-electron chi connectivity index (χ1n) is 18.3. The molecule has 0 bridgehead atoms. The Labute approximate surface area is 279 Å². The molecule has 0 saturated heterocycles. The summed E-state index contributed by atoms with van der Waals surface area (Å²) in [5.74, 6) is -3.15. The van der Waals surface area contributed by atoms with Crippen molar-refractivity contribution in [3.8, 4) is 0 Å². The van der Waals surface area contributed by atoms with Crippen LogP contribution in [0.3, 0.4) is 0 Å². The molecule has 0 aliphatic heterocycles. The predicted octanol–water partition coefficient (Wildman–Crippen LogP) is 8.31. The first kappa shape index (κ1) is 45.5. The van der Waals surface area contributed by atoms with Crippen molar-refractivity contribution in [2.45, 2.75) is 175 Å². The summed E-state index contributed by atoms with van der Waals surface area (Å²) in [7, 11) is 0. The van der Waals surface area contributed by atoms with Crippen LogP contribution in [0.15, 0.2) is 0 Å². The highest BCUT2D eigenvalue weighted by Gasteiger charge is 2.17. The largest absolute Gasteiger partial charge is 0.481 e. The Balaban J connectivity index is 0. The molecule has 0 aromatic rings. The lowest BCUT2D eigenvalue weighted by atomic mass is 10.1. The molecule has 0 saturated carbocycles. The van der Waals surface area contributed by atoms with E-state index in [2.05, 4.69) is 13.8 Å². The Morgan fingerprint density at radius 2 is 0.696 bits per heavy atom. The van der Waals surface area contributed by atoms with Crippen molar-refractivity contribution in [1.29, 1.82) is 0 Å². The van der Waals surface area contributed by atoms with Crippen molar-refractivity contribution in [3.05, 3.63) is 0 Å². The van der Waals surface area contributed by atoms with Crippen LogP contribution in [-0.4, -0.2) is 81.0 Å². The highest BCUT2D eigenvalue weighted by Crippen LogP contribution is 2.13. The zero-order chi connectivity index (χ0) is 34.8. The molecule has 0 radical (unpaired) electrons. The third kappa shape index (κ3) is 32.7. The van der Waals surface area contributed by atoms with Crippen LogP contribution in [-0.2, 0) is 24.0 Å². The molecule has 0 heterocycles. The molecule has 0 rings (SSSR count). The van der Waals surface area contributed by atoms with Crippen LogP contribution >= 0.6 is 0 Å². The molecule has 10 heteroatoms. The van der Waals surface area contributed by atoms with Crippen LogP contribution in [0.25, 0.3) is 0 Å². The van der Waals surface area contributed by atoms with Crippen LogP contribution in [0.4, 0.5) is 0 Å². The van der Waals surface area contributed by atoms with E-state index in [-0.39, 0.29) is 31.2 Å². The van der Waals surface area contributed by atoms with Crippen molar-refractivity contribution < 1.29 is 39.3 Å². The molecule has 3 N–H and O–H groups in total. The van der Waals surface area contributed by atoms with Gasteiger partial charge in [0.1, 0.15) is 6.54 Å². The van der Waals surface area contributed by atoms with Gasteiger partial charge in [0, 0.05) is 32.5 Å². The molecule has 0 aromatic carbocycles. The molecular weight excluding hydrogens is 588 g/mol. The van der Waals surface area contributed by atoms with Crippen molar-refractivity contribution in [2.75, 3.05) is 26.2 Å². The first-order chi connectivity index (χ1) is 22.1. The van der Waals surface area contributed by atoms with E-state index in [1.165, 1.54) is 96.3 Å². The maximum atomic E-state index is 12.0. The highest BCUT2D eigenvalue weighted by atomic mass is 16.4. The Bertz CT molecular complexity index is 790. The standard InChI is InChI=1S/C19H37NO3.C17H31NO5/c1-3-5-6-7-8-9-10-11-12-13-14-15-18(21)20(4-2)17-16-19(22)23;1-2-3-4-5-6-7-8-9-10-11-15(19)18(14-17(22)23)13-12-16(20)21/h3-17H2,1-2H3,(H,22,23);2-14H2,1H3,(H,20,21)(H,22,23). The van der Waals surface area contributed by atoms with Gasteiger partial charge in [-0.15, -0.1) is 0 Å². The van der Waals surface area contributed by atoms with Gasteiger partial charge in [-0.25, -0.2) is 0 Å². The summed E-state index contributed by atoms with van der Waals surface area (Å²) in [5.41, 5.74) is 0. The quantitative estimate of drug-likeness (QED) is 0.0630. The minimum absolute atomic E-state index is 0.0395. The summed E-state index contributed by atoms with van der Waals surface area (Å²) < 4.78 is 0. The van der Waals surface area contributed by atoms with E-state index >= 15 is 0 Å². The van der Waals surface area contributed by atoms with Gasteiger partial charge in [0.05, 0.1) is 12.8 Å². The van der Waals surface area contributed by atoms with Crippen molar-refractivity contribution in [3.63, 3.8) is 0 Å². The van der Waals surface area contributed by atoms with Crippen LogP contribution < -0.4 is 0 Å². The fraction of sp³-hybridized carbons (Fsp3) is 0.861. The van der Waals surface area contributed by atoms with Crippen LogP contribution in [0.5, 0.6) is 0 Å². The predicted molar refractivity (Wildman–Crippen MR) is 184 cm³/mol. The third-order valence-corrected chi connectivity index (χ3v) is 8.09. The molecule has 0 aliphatic carbocycles. The summed E-state index contributed by atoms with van der Waals surface area (Å²) >= 11 is 0. The Morgan fingerprint density at radius 3 is 1.00 bits per heavy atom. The lowest BCUT2D eigenvalue weighted by molar-refractivity contribution is -0.146. The smallest absolute Gasteiger partial charge is 0.323 e. The number of carboxylic acid groups (broad SMARTS) is 3. The second-order valence-electron chi connectivity index (χ2n) is 12.3. The fourth-order valence-corrected chi connectivity index (χ4v) is 5.22. The summed E-state index contributed by atoms with van der Waals surface area (Å²) in [6.07, 6.45) is 25.0. The molecule has 0 aromatic heterocycles. The summed E-state index contributed by atoms with van der Waals surface area (Å²) in [5, 5.41) is 26.1. The van der Waals surface area contributed by atoms with E-state index in [1.807, 2.05) is 6.92 Å². The maximum Gasteiger partial charge on any atom is 0.323 e. The van der Waals surface area contributed by atoms with Gasteiger partial charge in [-0.3, -0.25) is 24.0 Å². The molecule has 46 heavy (non-hydrogen) atoms. The van der Waals surface area contributed by atoms with E-state index < -0.39 is 24.5 Å². The van der Waals surface area contributed by atoms with Gasteiger partial charge in [-0.05, 0) is 19.8 Å². The average Bonchev–Trinajstić information content (AvgIpc) is 3.01. The van der Waals surface area contributed by atoms with Crippen molar-refractivity contribution in [1.82, 2.24) is 9.80 Å². The number of hydrogen-bond acceptors (Lipinski definition) is 5. The number of carbonyl (C=O) groups is 5. The normalized spacial score (nSPS) is 10.6. The molecule has 10 nitrogen and oxygen atoms in total. The van der Waals surface area contributed by atoms with Gasteiger partial charge in [0.15, 0.2) is 0 Å². The second-order valence-corrected chi connectivity index (χ2v) is 12.3. The maximum absolute atomic E-state index is 12.0. The monoisotopic (exact) mass is 656 g/mol. The van der Waals surface area contributed by atoms with Crippen LogP contribution in [0, 0.1) is 0 Å². The number of aliphatic carboxylic acids is 3. The zero-order valence-corrected chi connectivity index (χ0v) is 29.6. The van der Waals surface area contributed by atoms with Gasteiger partial charge < -0.3 is 25.1 Å². The first-order valence-corrected chi connectivity index (χ1v) is 18.3. The van der Waals surface area contributed by atoms with Crippen LogP contribution in [0.2, 0.25) is 0 Å². The number of carbonyl (C=O) groups excluding carboxylic acids is 2. The highest BCUT2D eigenvalue weighted by molar-refractivity contribution is 5.81. The molecule has 0 aliphatic rings. The molecule has 0 unspecified atom stereocenters. The Kier molecular flexibility index (Phi) is 33.3. The van der Waals surface area contributed by atoms with E-state index in [0.717, 1.165) is 37.0 Å². The van der Waals surface area contributed by atoms with Crippen molar-refractivity contribution in [2.24, 2.45) is 0 Å². The number of carboxylic acids is 3. The SMILES string of the molecule is CCCCCCCCCCCC(=O)N(CCC(=O)O)CC(=O)O.CCCCCCCCCCCCCC(=O)N(CC)CCC(=O)O. The number of unbranched alkanes of at least 4 members (excludes halogenated alkanes) is 18. The van der Waals surface area contributed by atoms with Gasteiger partial charge in [0.2, 0.25) is 11.8 Å². The molecule has 0 atom stereocenters. The van der Waals surface area contributed by atoms with Gasteiger partial charge in [0.25, 0.3) is 0 Å². The van der Waals surface area contributed by atoms with E-state index in [4.69, 9.17) is 15.3 Å². The third-order valence-electron chi connectivity index (χ3n) is 8.09. The van der Waals surface area contributed by atoms with E-state index in [0.29, 0.717) is 25.9 Å². The minimum Gasteiger partial charge on any atom is -0.481 e. The molecular formula is C36H68N2O8. The minimum atomic E-state index is -1.11.